The molecule has 1 aliphatic carbocycles. The number of nitrogens with zero attached hydrogens (tertiary/aromatic N) is 2. The van der Waals surface area contributed by atoms with Crippen LogP contribution in [0.5, 0.6) is 11.5 Å². The van der Waals surface area contributed by atoms with Gasteiger partial charge in [-0.3, -0.25) is 9.59 Å². The van der Waals surface area contributed by atoms with Gasteiger partial charge in [0.2, 0.25) is 5.91 Å². The molecule has 2 aliphatic rings. The third-order valence-electron chi connectivity index (χ3n) is 6.71. The number of methoxy groups -OCH3 is 1. The number of ether oxygens (including phenoxy) is 2. The number of piperazine rings is 1. The summed E-state index contributed by atoms with van der Waals surface area (Å²) in [5, 5.41) is 0. The first-order valence-electron chi connectivity index (χ1n) is 12.0. The molecule has 176 valence electrons. The van der Waals surface area contributed by atoms with Gasteiger partial charge in [0.15, 0.2) is 0 Å². The van der Waals surface area contributed by atoms with Crippen LogP contribution in [0, 0.1) is 6.92 Å². The molecule has 0 aromatic heterocycles. The number of rotatable bonds is 7. The summed E-state index contributed by atoms with van der Waals surface area (Å²) in [6, 6.07) is 13.7. The summed E-state index contributed by atoms with van der Waals surface area (Å²) in [6.07, 6.45) is 6.26. The summed E-state index contributed by atoms with van der Waals surface area (Å²) in [7, 11) is 1.61. The summed E-state index contributed by atoms with van der Waals surface area (Å²) < 4.78 is 11.4. The van der Waals surface area contributed by atoms with Crippen LogP contribution in [0.3, 0.4) is 0 Å². The first kappa shape index (κ1) is 23.1. The number of hydrogen-bond acceptors (Lipinski definition) is 4. The normalized spacial score (nSPS) is 16.7. The number of aryl methyl sites for hydroxylation is 2. The lowest BCUT2D eigenvalue weighted by Crippen LogP contribution is -2.50. The highest BCUT2D eigenvalue weighted by atomic mass is 16.5. The van der Waals surface area contributed by atoms with Gasteiger partial charge < -0.3 is 19.3 Å². The maximum atomic E-state index is 12.9. The molecule has 4 rings (SSSR count). The third-order valence-corrected chi connectivity index (χ3v) is 6.71. The van der Waals surface area contributed by atoms with Gasteiger partial charge in [0.1, 0.15) is 11.5 Å². The monoisotopic (exact) mass is 450 g/mol. The van der Waals surface area contributed by atoms with E-state index in [4.69, 9.17) is 9.47 Å². The molecule has 1 aliphatic heterocycles. The zero-order valence-electron chi connectivity index (χ0n) is 19.7. The Kier molecular flexibility index (Phi) is 7.53. The van der Waals surface area contributed by atoms with E-state index >= 15 is 0 Å². The van der Waals surface area contributed by atoms with Crippen LogP contribution < -0.4 is 9.47 Å². The number of amides is 2. The van der Waals surface area contributed by atoms with E-state index in [-0.39, 0.29) is 11.8 Å². The number of carbonyl (C=O) groups excluding carboxylic acids is 2. The van der Waals surface area contributed by atoms with Gasteiger partial charge in [0.25, 0.3) is 5.91 Å². The van der Waals surface area contributed by atoms with E-state index in [1.54, 1.807) is 13.2 Å². The second kappa shape index (κ2) is 10.7. The van der Waals surface area contributed by atoms with Crippen molar-refractivity contribution in [3.05, 3.63) is 59.2 Å². The van der Waals surface area contributed by atoms with Crippen molar-refractivity contribution in [1.29, 1.82) is 0 Å². The molecule has 2 fully saturated rings. The van der Waals surface area contributed by atoms with Crippen molar-refractivity contribution in [2.24, 2.45) is 0 Å². The summed E-state index contributed by atoms with van der Waals surface area (Å²) >= 11 is 0. The lowest BCUT2D eigenvalue weighted by Gasteiger charge is -2.35. The lowest BCUT2D eigenvalue weighted by molar-refractivity contribution is -0.132. The van der Waals surface area contributed by atoms with Gasteiger partial charge in [-0.2, -0.15) is 0 Å². The van der Waals surface area contributed by atoms with E-state index in [1.165, 1.54) is 12.8 Å². The minimum absolute atomic E-state index is 0.0144. The lowest BCUT2D eigenvalue weighted by atomic mass is 10.1. The van der Waals surface area contributed by atoms with Crippen LogP contribution in [0.2, 0.25) is 0 Å². The fourth-order valence-electron chi connectivity index (χ4n) is 4.68. The predicted molar refractivity (Wildman–Crippen MR) is 128 cm³/mol. The highest BCUT2D eigenvalue weighted by Crippen LogP contribution is 2.25. The minimum atomic E-state index is -0.0144. The molecule has 6 nitrogen and oxygen atoms in total. The second-order valence-electron chi connectivity index (χ2n) is 9.03. The molecule has 2 aromatic rings. The summed E-state index contributed by atoms with van der Waals surface area (Å²) in [4.78, 5) is 29.3. The van der Waals surface area contributed by atoms with Gasteiger partial charge in [-0.15, -0.1) is 0 Å². The molecule has 0 N–H and O–H groups in total. The highest BCUT2D eigenvalue weighted by molar-refractivity contribution is 5.95. The summed E-state index contributed by atoms with van der Waals surface area (Å²) in [6.45, 7) is 4.18. The van der Waals surface area contributed by atoms with Crippen molar-refractivity contribution >= 4 is 11.8 Å². The van der Waals surface area contributed by atoms with Crippen LogP contribution in [0.15, 0.2) is 42.5 Å². The van der Waals surface area contributed by atoms with Gasteiger partial charge in [0, 0.05) is 38.2 Å². The van der Waals surface area contributed by atoms with E-state index in [9.17, 15) is 9.59 Å². The van der Waals surface area contributed by atoms with Crippen molar-refractivity contribution in [3.63, 3.8) is 0 Å². The van der Waals surface area contributed by atoms with Crippen molar-refractivity contribution in [2.75, 3.05) is 33.3 Å². The average Bonchev–Trinajstić information content (AvgIpc) is 3.36. The number of benzene rings is 2. The number of hydrogen-bond donors (Lipinski definition) is 0. The number of carbonyl (C=O) groups is 2. The largest absolute Gasteiger partial charge is 0.496 e. The zero-order chi connectivity index (χ0) is 23.2. The maximum absolute atomic E-state index is 12.9. The first-order valence-corrected chi connectivity index (χ1v) is 12.0. The maximum Gasteiger partial charge on any atom is 0.254 e. The average molecular weight is 451 g/mol. The van der Waals surface area contributed by atoms with Gasteiger partial charge >= 0.3 is 0 Å². The summed E-state index contributed by atoms with van der Waals surface area (Å²) in [5.74, 6) is 1.75. The Morgan fingerprint density at radius 1 is 0.970 bits per heavy atom. The van der Waals surface area contributed by atoms with Crippen molar-refractivity contribution in [2.45, 2.75) is 51.6 Å². The van der Waals surface area contributed by atoms with Crippen molar-refractivity contribution < 1.29 is 19.1 Å². The molecule has 0 bridgehead atoms. The SMILES string of the molecule is COc1cc(C(=O)N2CCN(C(=O)CCc3cccc(OC4CCCC4)c3)CC2)ccc1C. The van der Waals surface area contributed by atoms with E-state index < -0.39 is 0 Å². The molecule has 0 atom stereocenters. The Morgan fingerprint density at radius 2 is 1.70 bits per heavy atom. The molecule has 0 unspecified atom stereocenters. The Balaban J connectivity index is 1.25. The standard InChI is InChI=1S/C27H34N2O4/c1-20-10-12-22(19-25(20)32-2)27(31)29-16-14-28(15-17-29)26(30)13-11-21-6-5-9-24(18-21)33-23-7-3-4-8-23/h5-6,9-10,12,18-19,23H,3-4,7-8,11,13-17H2,1-2H3. The molecular formula is C27H34N2O4. The molecule has 1 saturated heterocycles. The molecular weight excluding hydrogens is 416 g/mol. The van der Waals surface area contributed by atoms with E-state index in [0.29, 0.717) is 56.4 Å². The fraction of sp³-hybridized carbons (Fsp3) is 0.481. The fourth-order valence-corrected chi connectivity index (χ4v) is 4.68. The Morgan fingerprint density at radius 3 is 2.42 bits per heavy atom. The minimum Gasteiger partial charge on any atom is -0.496 e. The Bertz CT molecular complexity index is 976. The first-order chi connectivity index (χ1) is 16.0. The van der Waals surface area contributed by atoms with Gasteiger partial charge in [-0.1, -0.05) is 18.2 Å². The second-order valence-corrected chi connectivity index (χ2v) is 9.03. The van der Waals surface area contributed by atoms with Crippen molar-refractivity contribution in [3.8, 4) is 11.5 Å². The Labute approximate surface area is 196 Å². The van der Waals surface area contributed by atoms with Crippen molar-refractivity contribution in [1.82, 2.24) is 9.80 Å². The molecule has 1 saturated carbocycles. The van der Waals surface area contributed by atoms with Crippen LogP contribution >= 0.6 is 0 Å². The molecule has 33 heavy (non-hydrogen) atoms. The molecule has 1 heterocycles. The van der Waals surface area contributed by atoms with E-state index in [2.05, 4.69) is 12.1 Å². The quantitative estimate of drug-likeness (QED) is 0.633. The Hall–Kier alpha value is -3.02. The molecule has 0 radical (unpaired) electrons. The smallest absolute Gasteiger partial charge is 0.254 e. The third kappa shape index (κ3) is 5.86. The van der Waals surface area contributed by atoms with Gasteiger partial charge in [0.05, 0.1) is 13.2 Å². The van der Waals surface area contributed by atoms with E-state index in [0.717, 1.165) is 29.7 Å². The molecule has 0 spiro atoms. The zero-order valence-corrected chi connectivity index (χ0v) is 19.7. The van der Waals surface area contributed by atoms with Gasteiger partial charge in [-0.05, 0) is 74.4 Å². The molecule has 2 aromatic carbocycles. The van der Waals surface area contributed by atoms with Crippen LogP contribution in [0.25, 0.3) is 0 Å². The highest BCUT2D eigenvalue weighted by Gasteiger charge is 2.25. The van der Waals surface area contributed by atoms with Crippen LogP contribution in [-0.2, 0) is 11.2 Å². The topological polar surface area (TPSA) is 59.1 Å². The molecule has 6 heteroatoms. The molecule has 2 amide bonds. The van der Waals surface area contributed by atoms with Gasteiger partial charge in [-0.25, -0.2) is 0 Å². The summed E-state index contributed by atoms with van der Waals surface area (Å²) in [5.41, 5.74) is 2.75. The van der Waals surface area contributed by atoms with Crippen LogP contribution in [-0.4, -0.2) is 61.0 Å². The predicted octanol–water partition coefficient (Wildman–Crippen LogP) is 4.24. The van der Waals surface area contributed by atoms with Crippen LogP contribution in [0.1, 0.15) is 53.6 Å². The van der Waals surface area contributed by atoms with E-state index in [1.807, 2.05) is 41.0 Å². The van der Waals surface area contributed by atoms with Crippen LogP contribution in [0.4, 0.5) is 0 Å².